The first kappa shape index (κ1) is 13.0. The molecule has 0 bridgehead atoms. The molecule has 0 fully saturated rings. The maximum Gasteiger partial charge on any atom is -0.0301 e. The van der Waals surface area contributed by atoms with Crippen molar-refractivity contribution in [2.24, 2.45) is 16.7 Å². The highest BCUT2D eigenvalue weighted by molar-refractivity contribution is 4.86. The second-order valence-corrected chi connectivity index (χ2v) is 6.12. The van der Waals surface area contributed by atoms with Crippen LogP contribution in [0.4, 0.5) is 0 Å². The van der Waals surface area contributed by atoms with E-state index < -0.39 is 0 Å². The van der Waals surface area contributed by atoms with E-state index in [0.717, 1.165) is 5.92 Å². The van der Waals surface area contributed by atoms with Gasteiger partial charge in [0, 0.05) is 0 Å². The maximum absolute atomic E-state index is 2.42. The van der Waals surface area contributed by atoms with Gasteiger partial charge in [0.05, 0.1) is 0 Å². The van der Waals surface area contributed by atoms with Crippen LogP contribution in [0.2, 0.25) is 0 Å². The van der Waals surface area contributed by atoms with Crippen molar-refractivity contribution in [1.82, 2.24) is 0 Å². The molecule has 13 heavy (non-hydrogen) atoms. The molecule has 0 saturated carbocycles. The Labute approximate surface area is 85.1 Å². The molecule has 0 unspecified atom stereocenters. The zero-order valence-electron chi connectivity index (χ0n) is 10.7. The third-order valence-corrected chi connectivity index (χ3v) is 3.63. The minimum absolute atomic E-state index is 0.469. The van der Waals surface area contributed by atoms with E-state index >= 15 is 0 Å². The van der Waals surface area contributed by atoms with E-state index in [1.807, 2.05) is 0 Å². The van der Waals surface area contributed by atoms with E-state index in [4.69, 9.17) is 0 Å². The Kier molecular flexibility index (Phi) is 4.48. The van der Waals surface area contributed by atoms with Gasteiger partial charge in [-0.3, -0.25) is 0 Å². The predicted octanol–water partition coefficient (Wildman–Crippen LogP) is 4.89. The fourth-order valence-electron chi connectivity index (χ4n) is 2.26. The van der Waals surface area contributed by atoms with E-state index in [1.54, 1.807) is 0 Å². The highest BCUT2D eigenvalue weighted by Gasteiger charge is 2.36. The van der Waals surface area contributed by atoms with Gasteiger partial charge in [0.2, 0.25) is 0 Å². The van der Waals surface area contributed by atoms with E-state index in [1.165, 1.54) is 19.3 Å². The quantitative estimate of drug-likeness (QED) is 0.571. The molecule has 0 amide bonds. The Morgan fingerprint density at radius 3 is 1.69 bits per heavy atom. The van der Waals surface area contributed by atoms with Gasteiger partial charge in [-0.2, -0.15) is 0 Å². The average molecular weight is 184 g/mol. The second kappa shape index (κ2) is 4.48. The van der Waals surface area contributed by atoms with Crippen molar-refractivity contribution in [1.29, 1.82) is 0 Å². The molecule has 80 valence electrons. The molecule has 0 aliphatic heterocycles. The van der Waals surface area contributed by atoms with Crippen molar-refractivity contribution >= 4 is 0 Å². The van der Waals surface area contributed by atoms with E-state index in [-0.39, 0.29) is 0 Å². The molecule has 0 N–H and O–H groups in total. The molecule has 0 spiro atoms. The molecule has 0 rings (SSSR count). The molecule has 0 aromatic heterocycles. The highest BCUT2D eigenvalue weighted by atomic mass is 14.4. The number of hydrogen-bond acceptors (Lipinski definition) is 0. The average Bonchev–Trinajstić information content (AvgIpc) is 1.82. The smallest absolute Gasteiger partial charge is 0.0301 e. The first-order valence-corrected chi connectivity index (χ1v) is 5.73. The summed E-state index contributed by atoms with van der Waals surface area (Å²) in [7, 11) is 0. The van der Waals surface area contributed by atoms with Gasteiger partial charge >= 0.3 is 0 Å². The summed E-state index contributed by atoms with van der Waals surface area (Å²) in [5.74, 6) is 0.811. The largest absolute Gasteiger partial charge is 0.0654 e. The summed E-state index contributed by atoms with van der Waals surface area (Å²) in [5.41, 5.74) is 0.948. The summed E-state index contributed by atoms with van der Waals surface area (Å²) >= 11 is 0. The van der Waals surface area contributed by atoms with Crippen LogP contribution in [-0.2, 0) is 0 Å². The lowest BCUT2D eigenvalue weighted by Gasteiger charge is -2.43. The summed E-state index contributed by atoms with van der Waals surface area (Å²) in [6, 6.07) is 0. The lowest BCUT2D eigenvalue weighted by Crippen LogP contribution is -2.33. The van der Waals surface area contributed by atoms with Crippen molar-refractivity contribution in [2.45, 2.75) is 67.7 Å². The van der Waals surface area contributed by atoms with E-state index in [0.29, 0.717) is 10.8 Å². The van der Waals surface area contributed by atoms with Crippen LogP contribution in [0.3, 0.4) is 0 Å². The van der Waals surface area contributed by atoms with Gasteiger partial charge in [-0.15, -0.1) is 0 Å². The Morgan fingerprint density at radius 1 is 0.923 bits per heavy atom. The van der Waals surface area contributed by atoms with Crippen molar-refractivity contribution < 1.29 is 0 Å². The Hall–Kier alpha value is 0. The summed E-state index contributed by atoms with van der Waals surface area (Å²) in [6.45, 7) is 16.6. The Morgan fingerprint density at radius 2 is 1.38 bits per heavy atom. The minimum Gasteiger partial charge on any atom is -0.0654 e. The first-order chi connectivity index (χ1) is 5.73. The van der Waals surface area contributed by atoms with Gasteiger partial charge in [0.15, 0.2) is 0 Å². The standard InChI is InChI=1S/C13H28/c1-8-9-12(4,5)13(6,7)10-11(2)3/h11H,8-10H2,1-7H3. The molecule has 0 heteroatoms. The first-order valence-electron chi connectivity index (χ1n) is 5.73. The summed E-state index contributed by atoms with van der Waals surface area (Å²) in [6.07, 6.45) is 3.97. The summed E-state index contributed by atoms with van der Waals surface area (Å²) < 4.78 is 0. The molecule has 0 radical (unpaired) electrons. The van der Waals surface area contributed by atoms with Gasteiger partial charge in [-0.1, -0.05) is 54.9 Å². The predicted molar refractivity (Wildman–Crippen MR) is 61.9 cm³/mol. The van der Waals surface area contributed by atoms with E-state index in [2.05, 4.69) is 48.5 Å². The maximum atomic E-state index is 2.42. The van der Waals surface area contributed by atoms with E-state index in [9.17, 15) is 0 Å². The fraction of sp³-hybridized carbons (Fsp3) is 1.00. The molecule has 0 aromatic rings. The van der Waals surface area contributed by atoms with Gasteiger partial charge in [0.25, 0.3) is 0 Å². The SMILES string of the molecule is CCCC(C)(C)C(C)(C)CC(C)C. The molecule has 0 atom stereocenters. The van der Waals surface area contributed by atoms with Crippen molar-refractivity contribution in [3.05, 3.63) is 0 Å². The van der Waals surface area contributed by atoms with Crippen molar-refractivity contribution in [2.75, 3.05) is 0 Å². The molecular weight excluding hydrogens is 156 g/mol. The summed E-state index contributed by atoms with van der Waals surface area (Å²) in [5, 5.41) is 0. The van der Waals surface area contributed by atoms with Crippen LogP contribution in [0.5, 0.6) is 0 Å². The van der Waals surface area contributed by atoms with Crippen molar-refractivity contribution in [3.8, 4) is 0 Å². The molecule has 0 heterocycles. The third kappa shape index (κ3) is 3.70. The zero-order chi connectivity index (χ0) is 10.7. The van der Waals surface area contributed by atoms with Crippen LogP contribution in [0.15, 0.2) is 0 Å². The molecule has 0 saturated heterocycles. The third-order valence-electron chi connectivity index (χ3n) is 3.63. The van der Waals surface area contributed by atoms with Gasteiger partial charge in [0.1, 0.15) is 0 Å². The van der Waals surface area contributed by atoms with Crippen LogP contribution in [0.1, 0.15) is 67.7 Å². The Balaban J connectivity index is 4.40. The van der Waals surface area contributed by atoms with Crippen LogP contribution in [0, 0.1) is 16.7 Å². The lowest BCUT2D eigenvalue weighted by atomic mass is 9.62. The van der Waals surface area contributed by atoms with Crippen LogP contribution >= 0.6 is 0 Å². The second-order valence-electron chi connectivity index (χ2n) is 6.12. The minimum atomic E-state index is 0.469. The lowest BCUT2D eigenvalue weighted by molar-refractivity contribution is 0.0728. The van der Waals surface area contributed by atoms with Crippen LogP contribution in [-0.4, -0.2) is 0 Å². The van der Waals surface area contributed by atoms with Crippen LogP contribution in [0.25, 0.3) is 0 Å². The molecular formula is C13H28. The molecule has 0 aromatic carbocycles. The van der Waals surface area contributed by atoms with Gasteiger partial charge in [-0.25, -0.2) is 0 Å². The Bertz CT molecular complexity index is 140. The number of hydrogen-bond donors (Lipinski definition) is 0. The van der Waals surface area contributed by atoms with Crippen LogP contribution < -0.4 is 0 Å². The van der Waals surface area contributed by atoms with Crippen molar-refractivity contribution in [3.63, 3.8) is 0 Å². The topological polar surface area (TPSA) is 0 Å². The molecule has 0 aliphatic rings. The molecule has 0 nitrogen and oxygen atoms in total. The molecule has 0 aliphatic carbocycles. The summed E-state index contributed by atoms with van der Waals surface area (Å²) in [4.78, 5) is 0. The fourth-order valence-corrected chi connectivity index (χ4v) is 2.26. The van der Waals surface area contributed by atoms with Gasteiger partial charge in [-0.05, 0) is 29.6 Å². The zero-order valence-corrected chi connectivity index (χ0v) is 10.7. The highest BCUT2D eigenvalue weighted by Crippen LogP contribution is 2.46. The normalized spacial score (nSPS) is 13.8. The van der Waals surface area contributed by atoms with Gasteiger partial charge < -0.3 is 0 Å². The number of rotatable bonds is 5. The monoisotopic (exact) mass is 184 g/mol.